The molecule has 0 unspecified atom stereocenters. The van der Waals surface area contributed by atoms with Gasteiger partial charge in [-0.05, 0) is 12.3 Å². The molecule has 0 rings (SSSR count). The molecule has 0 bridgehead atoms. The molecule has 0 saturated heterocycles. The molecule has 0 aromatic heterocycles. The van der Waals surface area contributed by atoms with Crippen molar-refractivity contribution >= 4 is 10.4 Å². The molecule has 0 aliphatic rings. The van der Waals surface area contributed by atoms with E-state index in [-0.39, 0.29) is 103 Å². The zero-order chi connectivity index (χ0) is 12.3. The van der Waals surface area contributed by atoms with Crippen molar-refractivity contribution in [3.63, 3.8) is 0 Å². The van der Waals surface area contributed by atoms with Gasteiger partial charge in [0.15, 0.2) is 0 Å². The van der Waals surface area contributed by atoms with E-state index in [9.17, 15) is 0 Å². The molecule has 8 heteroatoms. The van der Waals surface area contributed by atoms with Crippen LogP contribution >= 0.6 is 0 Å². The number of aliphatic hydroxyl groups excluding tert-OH is 1. The average molecular weight is 319 g/mol. The Morgan fingerprint density at radius 2 is 1.35 bits per heavy atom. The van der Waals surface area contributed by atoms with E-state index in [0.717, 1.165) is 12.3 Å². The first-order valence-corrected chi connectivity index (χ1v) is 6.38. The summed E-state index contributed by atoms with van der Waals surface area (Å²) in [5, 5.41) is 8.47. The van der Waals surface area contributed by atoms with Crippen LogP contribution in [0.25, 0.3) is 0 Å². The maximum atomic E-state index is 8.52. The van der Waals surface area contributed by atoms with Crippen molar-refractivity contribution in [1.29, 1.82) is 0 Å². The van der Waals surface area contributed by atoms with Gasteiger partial charge in [0.25, 0.3) is 0 Å². The summed E-state index contributed by atoms with van der Waals surface area (Å²) in [6.45, 7) is 4.87. The fraction of sp³-hybridized carbons (Fsp3) is 1.00. The van der Waals surface area contributed by atoms with Crippen molar-refractivity contribution in [2.45, 2.75) is 46.0 Å². The van der Waals surface area contributed by atoms with Crippen LogP contribution in [-0.2, 0) is 10.4 Å². The summed E-state index contributed by atoms with van der Waals surface area (Å²) >= 11 is 0. The van der Waals surface area contributed by atoms with E-state index in [4.69, 9.17) is 22.6 Å². The number of aliphatic hydroxyl groups is 1. The van der Waals surface area contributed by atoms with Crippen molar-refractivity contribution in [3.05, 3.63) is 0 Å². The molecule has 0 amide bonds. The van der Waals surface area contributed by atoms with Crippen LogP contribution < -0.4 is 103 Å². The van der Waals surface area contributed by atoms with E-state index in [1.165, 1.54) is 25.7 Å². The van der Waals surface area contributed by atoms with Crippen LogP contribution in [0.3, 0.4) is 0 Å². The maximum Gasteiger partial charge on any atom is 1.00 e. The fourth-order valence-electron chi connectivity index (χ4n) is 1.02. The first kappa shape index (κ1) is 28.3. The second-order valence-electron chi connectivity index (χ2n) is 3.73. The van der Waals surface area contributed by atoms with Crippen molar-refractivity contribution in [3.8, 4) is 0 Å². The Kier molecular flexibility index (Phi) is 31.8. The molecule has 5 nitrogen and oxygen atoms in total. The fourth-order valence-corrected chi connectivity index (χ4v) is 1.02. The van der Waals surface area contributed by atoms with Crippen LogP contribution in [0.1, 0.15) is 46.0 Å². The minimum atomic E-state index is -5.17. The van der Waals surface area contributed by atoms with Gasteiger partial charge in [-0.25, -0.2) is 0 Å². The van der Waals surface area contributed by atoms with E-state index in [0.29, 0.717) is 6.61 Å². The standard InChI is InChI=1S/C9H20O.2K.H2O4S/c1-9(2)7-5-3-4-6-8-10;;;1-5(2,3)4/h9-10H,3-8H2,1-2H3;;;(H2,1,2,3,4)/q;2*+1;/p-2. The topological polar surface area (TPSA) is 100 Å². The van der Waals surface area contributed by atoms with Crippen LogP contribution in [0.5, 0.6) is 0 Å². The monoisotopic (exact) mass is 318 g/mol. The Morgan fingerprint density at radius 1 is 1.00 bits per heavy atom. The van der Waals surface area contributed by atoms with Gasteiger partial charge in [0.05, 0.1) is 0 Å². The molecular formula is C9H20K2O5S. The van der Waals surface area contributed by atoms with Gasteiger partial charge in [-0.1, -0.05) is 39.5 Å². The quantitative estimate of drug-likeness (QED) is 0.229. The van der Waals surface area contributed by atoms with E-state index in [1.54, 1.807) is 0 Å². The minimum absolute atomic E-state index is 0. The normalized spacial score (nSPS) is 9.76. The summed E-state index contributed by atoms with van der Waals surface area (Å²) in [6, 6.07) is 0. The summed E-state index contributed by atoms with van der Waals surface area (Å²) in [7, 11) is -5.17. The molecule has 0 saturated carbocycles. The van der Waals surface area contributed by atoms with Gasteiger partial charge in [-0.15, -0.1) is 0 Å². The molecule has 0 radical (unpaired) electrons. The van der Waals surface area contributed by atoms with E-state index >= 15 is 0 Å². The van der Waals surface area contributed by atoms with E-state index in [2.05, 4.69) is 13.8 Å². The summed E-state index contributed by atoms with van der Waals surface area (Å²) in [6.07, 6.45) is 6.14. The Balaban J connectivity index is -0.000000105. The predicted octanol–water partition coefficient (Wildman–Crippen LogP) is -4.74. The van der Waals surface area contributed by atoms with Crippen molar-refractivity contribution in [2.75, 3.05) is 6.61 Å². The number of rotatable bonds is 6. The molecule has 0 aromatic carbocycles. The average Bonchev–Trinajstić information content (AvgIpc) is 2.00. The van der Waals surface area contributed by atoms with Crippen LogP contribution in [0.2, 0.25) is 0 Å². The molecule has 0 fully saturated rings. The van der Waals surface area contributed by atoms with Gasteiger partial charge in [-0.2, -0.15) is 0 Å². The molecule has 0 atom stereocenters. The molecule has 0 aliphatic heterocycles. The third kappa shape index (κ3) is 54.7. The van der Waals surface area contributed by atoms with Gasteiger partial charge in [0.1, 0.15) is 0 Å². The first-order valence-electron chi connectivity index (χ1n) is 5.05. The summed E-state index contributed by atoms with van der Waals surface area (Å²) in [4.78, 5) is 0. The number of hydrogen-bond donors (Lipinski definition) is 1. The van der Waals surface area contributed by atoms with Crippen LogP contribution in [0.4, 0.5) is 0 Å². The summed E-state index contributed by atoms with van der Waals surface area (Å²) in [5.74, 6) is 0.842. The van der Waals surface area contributed by atoms with Gasteiger partial charge < -0.3 is 14.2 Å². The molecular weight excluding hydrogens is 298 g/mol. The minimum Gasteiger partial charge on any atom is -0.759 e. The first-order chi connectivity index (χ1) is 6.77. The Labute approximate surface area is 190 Å². The van der Waals surface area contributed by atoms with Crippen molar-refractivity contribution < 1.29 is 125 Å². The second kappa shape index (κ2) is 19.1. The number of hydrogen-bond acceptors (Lipinski definition) is 5. The molecule has 17 heavy (non-hydrogen) atoms. The Hall–Kier alpha value is 3.10. The number of unbranched alkanes of at least 4 members (excludes halogenated alkanes) is 3. The summed E-state index contributed by atoms with van der Waals surface area (Å²) in [5.41, 5.74) is 0. The molecule has 0 aromatic rings. The van der Waals surface area contributed by atoms with Gasteiger partial charge in [0.2, 0.25) is 0 Å². The van der Waals surface area contributed by atoms with E-state index in [1.807, 2.05) is 0 Å². The molecule has 0 spiro atoms. The smallest absolute Gasteiger partial charge is 0.759 e. The maximum absolute atomic E-state index is 8.52. The molecule has 0 aliphatic carbocycles. The Morgan fingerprint density at radius 3 is 1.65 bits per heavy atom. The molecule has 1 N–H and O–H groups in total. The second-order valence-corrected chi connectivity index (χ2v) is 4.55. The molecule has 0 heterocycles. The van der Waals surface area contributed by atoms with Crippen LogP contribution in [0.15, 0.2) is 0 Å². The van der Waals surface area contributed by atoms with E-state index < -0.39 is 10.4 Å². The van der Waals surface area contributed by atoms with Crippen LogP contribution in [0, 0.1) is 5.92 Å². The third-order valence-electron chi connectivity index (χ3n) is 1.69. The largest absolute Gasteiger partial charge is 1.00 e. The third-order valence-corrected chi connectivity index (χ3v) is 1.69. The van der Waals surface area contributed by atoms with Gasteiger partial charge >= 0.3 is 103 Å². The van der Waals surface area contributed by atoms with Gasteiger partial charge in [-0.3, -0.25) is 8.42 Å². The van der Waals surface area contributed by atoms with Gasteiger partial charge in [0, 0.05) is 17.0 Å². The van der Waals surface area contributed by atoms with Crippen LogP contribution in [-0.4, -0.2) is 29.2 Å². The SMILES string of the molecule is CC(C)CCCCCCO.O=S(=O)([O-])[O-].[K+].[K+]. The zero-order valence-electron chi connectivity index (χ0n) is 11.3. The Bertz CT molecular complexity index is 211. The zero-order valence-corrected chi connectivity index (χ0v) is 18.4. The summed E-state index contributed by atoms with van der Waals surface area (Å²) < 4.78 is 34.1. The predicted molar refractivity (Wildman–Crippen MR) is 55.5 cm³/mol. The van der Waals surface area contributed by atoms with Crippen molar-refractivity contribution in [1.82, 2.24) is 0 Å². The molecule has 94 valence electrons. The van der Waals surface area contributed by atoms with Crippen molar-refractivity contribution in [2.24, 2.45) is 5.92 Å².